The van der Waals surface area contributed by atoms with Crippen molar-refractivity contribution in [2.24, 2.45) is 0 Å². The minimum absolute atomic E-state index is 0.647. The molecular weight excluding hydrogens is 238 g/mol. The topological polar surface area (TPSA) is 12.0 Å². The Labute approximate surface area is 93.3 Å². The smallest absolute Gasteiger partial charge is 0.0208 e. The highest BCUT2D eigenvalue weighted by atomic mass is 79.9. The Morgan fingerprint density at radius 2 is 2.07 bits per heavy atom. The number of benzene rings is 1. The molecule has 2 heteroatoms. The lowest BCUT2D eigenvalue weighted by molar-refractivity contribution is 0.538. The molecule has 1 aromatic rings. The first kappa shape index (κ1) is 9.94. The highest BCUT2D eigenvalue weighted by Gasteiger charge is 2.08. The number of hydrogen-bond donors (Lipinski definition) is 1. The fraction of sp³-hybridized carbons (Fsp3) is 0.333. The maximum Gasteiger partial charge on any atom is 0.0208 e. The van der Waals surface area contributed by atoms with Gasteiger partial charge in [0.05, 0.1) is 0 Å². The lowest BCUT2D eigenvalue weighted by atomic mass is 10.2. The van der Waals surface area contributed by atoms with Gasteiger partial charge in [-0.2, -0.15) is 0 Å². The van der Waals surface area contributed by atoms with Gasteiger partial charge in [0, 0.05) is 17.1 Å². The Balaban J connectivity index is 1.85. The molecule has 1 aliphatic rings. The van der Waals surface area contributed by atoms with Gasteiger partial charge in [-0.25, -0.2) is 0 Å². The zero-order chi connectivity index (χ0) is 9.80. The van der Waals surface area contributed by atoms with E-state index >= 15 is 0 Å². The standard InChI is InChI=1S/C12H14BrN/c13-11-5-3-4-10(8-11)9-14-12-6-1-2-7-12/h1-5,8,12,14H,6-7,9H2. The van der Waals surface area contributed by atoms with E-state index in [1.54, 1.807) is 0 Å². The third kappa shape index (κ3) is 2.69. The maximum atomic E-state index is 3.54. The summed E-state index contributed by atoms with van der Waals surface area (Å²) in [6.07, 6.45) is 6.85. The molecule has 0 saturated carbocycles. The minimum atomic E-state index is 0.647. The van der Waals surface area contributed by atoms with Crippen molar-refractivity contribution in [3.05, 3.63) is 46.5 Å². The van der Waals surface area contributed by atoms with E-state index in [1.165, 1.54) is 18.4 Å². The Morgan fingerprint density at radius 3 is 2.79 bits per heavy atom. The van der Waals surface area contributed by atoms with Gasteiger partial charge in [-0.1, -0.05) is 40.2 Å². The second-order valence-corrected chi connectivity index (χ2v) is 4.57. The van der Waals surface area contributed by atoms with E-state index in [-0.39, 0.29) is 0 Å². The van der Waals surface area contributed by atoms with Crippen LogP contribution in [0.25, 0.3) is 0 Å². The molecule has 1 nitrogen and oxygen atoms in total. The average molecular weight is 252 g/mol. The molecule has 1 N–H and O–H groups in total. The van der Waals surface area contributed by atoms with Crippen LogP contribution in [0.4, 0.5) is 0 Å². The molecular formula is C12H14BrN. The largest absolute Gasteiger partial charge is 0.309 e. The number of halogens is 1. The van der Waals surface area contributed by atoms with Gasteiger partial charge in [-0.05, 0) is 30.5 Å². The van der Waals surface area contributed by atoms with Crippen molar-refractivity contribution in [3.8, 4) is 0 Å². The molecule has 74 valence electrons. The molecule has 0 fully saturated rings. The summed E-state index contributed by atoms with van der Waals surface area (Å²) in [6.45, 7) is 0.964. The summed E-state index contributed by atoms with van der Waals surface area (Å²) in [5.41, 5.74) is 1.34. The monoisotopic (exact) mass is 251 g/mol. The summed E-state index contributed by atoms with van der Waals surface area (Å²) in [5, 5.41) is 3.54. The van der Waals surface area contributed by atoms with Crippen molar-refractivity contribution in [3.63, 3.8) is 0 Å². The highest BCUT2D eigenvalue weighted by molar-refractivity contribution is 9.10. The zero-order valence-electron chi connectivity index (χ0n) is 8.04. The normalized spacial score (nSPS) is 16.4. The lowest BCUT2D eigenvalue weighted by Crippen LogP contribution is -2.25. The van der Waals surface area contributed by atoms with E-state index in [1.807, 2.05) is 0 Å². The van der Waals surface area contributed by atoms with Crippen LogP contribution in [0, 0.1) is 0 Å². The van der Waals surface area contributed by atoms with Crippen LogP contribution in [-0.2, 0) is 6.54 Å². The lowest BCUT2D eigenvalue weighted by Gasteiger charge is -2.11. The minimum Gasteiger partial charge on any atom is -0.309 e. The molecule has 1 aliphatic carbocycles. The van der Waals surface area contributed by atoms with Crippen molar-refractivity contribution >= 4 is 15.9 Å². The molecule has 0 aliphatic heterocycles. The first-order chi connectivity index (χ1) is 6.84. The van der Waals surface area contributed by atoms with E-state index < -0.39 is 0 Å². The van der Waals surface area contributed by atoms with E-state index in [2.05, 4.69) is 57.7 Å². The van der Waals surface area contributed by atoms with Crippen LogP contribution in [-0.4, -0.2) is 6.04 Å². The van der Waals surface area contributed by atoms with Gasteiger partial charge in [0.2, 0.25) is 0 Å². The summed E-state index contributed by atoms with van der Waals surface area (Å²) in [7, 11) is 0. The fourth-order valence-electron chi connectivity index (χ4n) is 1.69. The number of hydrogen-bond acceptors (Lipinski definition) is 1. The van der Waals surface area contributed by atoms with Gasteiger partial charge in [0.25, 0.3) is 0 Å². The van der Waals surface area contributed by atoms with Crippen LogP contribution in [0.15, 0.2) is 40.9 Å². The van der Waals surface area contributed by atoms with Gasteiger partial charge in [0.1, 0.15) is 0 Å². The third-order valence-corrected chi connectivity index (χ3v) is 2.99. The Hall–Kier alpha value is -0.600. The van der Waals surface area contributed by atoms with Crippen molar-refractivity contribution in [1.82, 2.24) is 5.32 Å². The molecule has 0 radical (unpaired) electrons. The van der Waals surface area contributed by atoms with E-state index in [0.29, 0.717) is 6.04 Å². The molecule has 2 rings (SSSR count). The molecule has 0 amide bonds. The quantitative estimate of drug-likeness (QED) is 0.814. The Bertz CT molecular complexity index is 325. The second-order valence-electron chi connectivity index (χ2n) is 3.65. The van der Waals surface area contributed by atoms with Crippen molar-refractivity contribution in [2.75, 3.05) is 0 Å². The summed E-state index contributed by atoms with van der Waals surface area (Å²) in [5.74, 6) is 0. The van der Waals surface area contributed by atoms with E-state index in [0.717, 1.165) is 11.0 Å². The fourth-order valence-corrected chi connectivity index (χ4v) is 2.14. The average Bonchev–Trinajstić information content (AvgIpc) is 2.67. The van der Waals surface area contributed by atoms with Crippen LogP contribution in [0.2, 0.25) is 0 Å². The first-order valence-corrected chi connectivity index (χ1v) is 5.77. The molecule has 0 atom stereocenters. The Kier molecular flexibility index (Phi) is 3.38. The predicted octanol–water partition coefficient (Wildman–Crippen LogP) is 3.26. The van der Waals surface area contributed by atoms with Gasteiger partial charge < -0.3 is 5.32 Å². The maximum absolute atomic E-state index is 3.54. The molecule has 0 aromatic heterocycles. The van der Waals surface area contributed by atoms with Crippen molar-refractivity contribution in [2.45, 2.75) is 25.4 Å². The molecule has 0 spiro atoms. The van der Waals surface area contributed by atoms with Crippen LogP contribution >= 0.6 is 15.9 Å². The molecule has 0 saturated heterocycles. The van der Waals surface area contributed by atoms with Crippen LogP contribution in [0.3, 0.4) is 0 Å². The van der Waals surface area contributed by atoms with E-state index in [4.69, 9.17) is 0 Å². The second kappa shape index (κ2) is 4.76. The van der Waals surface area contributed by atoms with Crippen LogP contribution in [0.1, 0.15) is 18.4 Å². The molecule has 14 heavy (non-hydrogen) atoms. The van der Waals surface area contributed by atoms with Crippen molar-refractivity contribution < 1.29 is 0 Å². The first-order valence-electron chi connectivity index (χ1n) is 4.97. The molecule has 0 heterocycles. The van der Waals surface area contributed by atoms with Gasteiger partial charge in [0.15, 0.2) is 0 Å². The van der Waals surface area contributed by atoms with Crippen LogP contribution < -0.4 is 5.32 Å². The van der Waals surface area contributed by atoms with Crippen LogP contribution in [0.5, 0.6) is 0 Å². The molecule has 0 unspecified atom stereocenters. The van der Waals surface area contributed by atoms with E-state index in [9.17, 15) is 0 Å². The van der Waals surface area contributed by atoms with Crippen molar-refractivity contribution in [1.29, 1.82) is 0 Å². The summed E-state index contributed by atoms with van der Waals surface area (Å²) in [4.78, 5) is 0. The molecule has 1 aromatic carbocycles. The number of nitrogens with one attached hydrogen (secondary N) is 1. The summed E-state index contributed by atoms with van der Waals surface area (Å²) in [6, 6.07) is 9.10. The SMILES string of the molecule is Brc1cccc(CNC2CC=CC2)c1. The summed E-state index contributed by atoms with van der Waals surface area (Å²) < 4.78 is 1.15. The molecule has 0 bridgehead atoms. The third-order valence-electron chi connectivity index (χ3n) is 2.49. The number of rotatable bonds is 3. The highest BCUT2D eigenvalue weighted by Crippen LogP contribution is 2.13. The summed E-state index contributed by atoms with van der Waals surface area (Å²) >= 11 is 3.48. The van der Waals surface area contributed by atoms with Gasteiger partial charge >= 0.3 is 0 Å². The van der Waals surface area contributed by atoms with Gasteiger partial charge in [-0.15, -0.1) is 0 Å². The zero-order valence-corrected chi connectivity index (χ0v) is 9.63. The Morgan fingerprint density at radius 1 is 1.29 bits per heavy atom. The predicted molar refractivity (Wildman–Crippen MR) is 63.1 cm³/mol. The van der Waals surface area contributed by atoms with Gasteiger partial charge in [-0.3, -0.25) is 0 Å².